The zero-order chi connectivity index (χ0) is 17.9. The molecular formula is C15H11BrClN3O3S. The van der Waals surface area contributed by atoms with Crippen LogP contribution in [0.2, 0.25) is 5.15 Å². The van der Waals surface area contributed by atoms with Gasteiger partial charge in [-0.05, 0) is 36.8 Å². The topological polar surface area (TPSA) is 99.9 Å². The Morgan fingerprint density at radius 3 is 2.71 bits per heavy atom. The molecule has 0 fully saturated rings. The molecular weight excluding hydrogens is 418 g/mol. The number of rotatable bonds is 4. The maximum atomic E-state index is 12.3. The number of benzene rings is 1. The molecule has 9 heteroatoms. The van der Waals surface area contributed by atoms with Crippen LogP contribution in [0.25, 0.3) is 0 Å². The van der Waals surface area contributed by atoms with Gasteiger partial charge in [-0.25, -0.2) is 18.1 Å². The minimum Gasteiger partial charge on any atom is -0.274 e. The molecule has 0 saturated carbocycles. The van der Waals surface area contributed by atoms with Gasteiger partial charge < -0.3 is 0 Å². The highest BCUT2D eigenvalue weighted by atomic mass is 79.9. The van der Waals surface area contributed by atoms with Crippen LogP contribution in [0.5, 0.6) is 0 Å². The molecule has 0 aliphatic heterocycles. The van der Waals surface area contributed by atoms with Crippen molar-refractivity contribution in [2.24, 2.45) is 0 Å². The summed E-state index contributed by atoms with van der Waals surface area (Å²) < 4.78 is 26.9. The summed E-state index contributed by atoms with van der Waals surface area (Å²) in [5, 5.41) is 9.06. The molecule has 0 spiro atoms. The second kappa shape index (κ2) is 7.30. The van der Waals surface area contributed by atoms with Gasteiger partial charge in [-0.3, -0.25) is 4.79 Å². The van der Waals surface area contributed by atoms with Crippen LogP contribution in [-0.4, -0.2) is 19.3 Å². The Morgan fingerprint density at radius 2 is 2.08 bits per heavy atom. The number of sulfonamides is 1. The molecule has 1 N–H and O–H groups in total. The molecule has 2 rings (SSSR count). The van der Waals surface area contributed by atoms with Gasteiger partial charge in [-0.2, -0.15) is 5.26 Å². The first kappa shape index (κ1) is 18.4. The van der Waals surface area contributed by atoms with Gasteiger partial charge in [0.25, 0.3) is 10.0 Å². The van der Waals surface area contributed by atoms with Gasteiger partial charge in [0.15, 0.2) is 0 Å². The number of nitrogens with one attached hydrogen (secondary N) is 1. The van der Waals surface area contributed by atoms with Crippen LogP contribution in [-0.2, 0) is 21.2 Å². The Hall–Kier alpha value is -1.95. The van der Waals surface area contributed by atoms with Gasteiger partial charge in [0, 0.05) is 10.2 Å². The van der Waals surface area contributed by atoms with E-state index in [1.807, 2.05) is 10.8 Å². The van der Waals surface area contributed by atoms with E-state index in [4.69, 9.17) is 16.9 Å². The average molecular weight is 429 g/mol. The first-order valence-corrected chi connectivity index (χ1v) is 9.25. The minimum atomic E-state index is -4.10. The smallest absolute Gasteiger partial charge is 0.264 e. The van der Waals surface area contributed by atoms with Crippen molar-refractivity contribution in [3.63, 3.8) is 0 Å². The number of hydrogen-bond donors (Lipinski definition) is 1. The van der Waals surface area contributed by atoms with E-state index in [0.717, 1.165) is 0 Å². The van der Waals surface area contributed by atoms with Crippen molar-refractivity contribution in [2.45, 2.75) is 18.2 Å². The van der Waals surface area contributed by atoms with Crippen molar-refractivity contribution in [3.05, 3.63) is 56.8 Å². The molecule has 1 aromatic heterocycles. The van der Waals surface area contributed by atoms with E-state index in [2.05, 4.69) is 20.9 Å². The van der Waals surface area contributed by atoms with Crippen LogP contribution in [0.3, 0.4) is 0 Å². The number of carbonyl (C=O) groups is 1. The van der Waals surface area contributed by atoms with Crippen LogP contribution in [0, 0.1) is 18.3 Å². The van der Waals surface area contributed by atoms with Gasteiger partial charge in [-0.1, -0.05) is 33.6 Å². The second-order valence-electron chi connectivity index (χ2n) is 4.90. The predicted molar refractivity (Wildman–Crippen MR) is 91.9 cm³/mol. The van der Waals surface area contributed by atoms with Crippen LogP contribution < -0.4 is 4.72 Å². The molecule has 6 nitrogen and oxygen atoms in total. The molecule has 0 saturated heterocycles. The number of nitrogens with zero attached hydrogens (tertiary/aromatic N) is 2. The lowest BCUT2D eigenvalue weighted by Gasteiger charge is -2.09. The fraction of sp³-hybridized carbons (Fsp3) is 0.133. The van der Waals surface area contributed by atoms with E-state index < -0.39 is 15.9 Å². The molecule has 0 bridgehead atoms. The molecule has 2 aromatic rings. The molecule has 124 valence electrons. The summed E-state index contributed by atoms with van der Waals surface area (Å²) in [5.41, 5.74) is 1.26. The Bertz CT molecular complexity index is 955. The summed E-state index contributed by atoms with van der Waals surface area (Å²) in [6.45, 7) is 1.75. The molecule has 0 radical (unpaired) electrons. The zero-order valence-electron chi connectivity index (χ0n) is 12.4. The highest BCUT2D eigenvalue weighted by molar-refractivity contribution is 9.10. The largest absolute Gasteiger partial charge is 0.274 e. The van der Waals surface area contributed by atoms with Crippen LogP contribution >= 0.6 is 27.5 Å². The Balaban J connectivity index is 2.21. The number of aryl methyl sites for hydroxylation is 1. The molecule has 24 heavy (non-hydrogen) atoms. The molecule has 1 aromatic carbocycles. The van der Waals surface area contributed by atoms with Crippen LogP contribution in [0.15, 0.2) is 39.7 Å². The van der Waals surface area contributed by atoms with E-state index in [1.54, 1.807) is 19.1 Å². The number of nitriles is 1. The summed E-state index contributed by atoms with van der Waals surface area (Å²) in [6.07, 6.45) is -0.232. The molecule has 0 unspecified atom stereocenters. The number of hydrogen-bond acceptors (Lipinski definition) is 5. The summed E-state index contributed by atoms with van der Waals surface area (Å²) in [5.74, 6) is -0.749. The van der Waals surface area contributed by atoms with Crippen molar-refractivity contribution in [1.29, 1.82) is 5.26 Å². The number of pyridine rings is 1. The van der Waals surface area contributed by atoms with Crippen molar-refractivity contribution < 1.29 is 13.2 Å². The van der Waals surface area contributed by atoms with E-state index in [9.17, 15) is 13.2 Å². The van der Waals surface area contributed by atoms with E-state index in [1.165, 1.54) is 18.2 Å². The number of carbonyl (C=O) groups excluding carboxylic acids is 1. The zero-order valence-corrected chi connectivity index (χ0v) is 15.5. The molecule has 1 amide bonds. The highest BCUT2D eigenvalue weighted by Gasteiger charge is 2.20. The summed E-state index contributed by atoms with van der Waals surface area (Å²) in [7, 11) is -4.10. The summed E-state index contributed by atoms with van der Waals surface area (Å²) >= 11 is 9.07. The first-order valence-electron chi connectivity index (χ1n) is 6.59. The van der Waals surface area contributed by atoms with E-state index >= 15 is 0 Å². The Morgan fingerprint density at radius 1 is 1.38 bits per heavy atom. The maximum absolute atomic E-state index is 12.3. The van der Waals surface area contributed by atoms with Gasteiger partial charge in [0.1, 0.15) is 5.15 Å². The monoisotopic (exact) mass is 427 g/mol. The molecule has 0 aliphatic carbocycles. The maximum Gasteiger partial charge on any atom is 0.264 e. The molecule has 0 atom stereocenters. The lowest BCUT2D eigenvalue weighted by Crippen LogP contribution is -2.32. The van der Waals surface area contributed by atoms with E-state index in [-0.39, 0.29) is 22.0 Å². The van der Waals surface area contributed by atoms with Crippen molar-refractivity contribution in [2.75, 3.05) is 0 Å². The standard InChI is InChI=1S/C15H11BrClN3O3S/c1-9-2-3-11(15(17)19-9)6-14(21)20-24(22,23)13-5-10(8-18)4-12(16)7-13/h2-5,7H,6H2,1H3,(H,20,21). The first-order chi connectivity index (χ1) is 11.2. The summed E-state index contributed by atoms with van der Waals surface area (Å²) in [6, 6.07) is 9.10. The van der Waals surface area contributed by atoms with Crippen molar-refractivity contribution in [1.82, 2.24) is 9.71 Å². The SMILES string of the molecule is Cc1ccc(CC(=O)NS(=O)(=O)c2cc(Br)cc(C#N)c2)c(Cl)n1. The minimum absolute atomic E-state index is 0.150. The van der Waals surface area contributed by atoms with Crippen molar-refractivity contribution in [3.8, 4) is 6.07 Å². The molecule has 1 heterocycles. The third kappa shape index (κ3) is 4.54. The average Bonchev–Trinajstić information content (AvgIpc) is 2.49. The third-order valence-corrected chi connectivity index (χ3v) is 5.11. The number of aromatic nitrogens is 1. The van der Waals surface area contributed by atoms with Crippen molar-refractivity contribution >= 4 is 43.5 Å². The quantitative estimate of drug-likeness (QED) is 0.755. The predicted octanol–water partition coefficient (Wildman–Crippen LogP) is 2.73. The third-order valence-electron chi connectivity index (χ3n) is 2.98. The normalized spacial score (nSPS) is 10.9. The van der Waals surface area contributed by atoms with Gasteiger partial charge in [-0.15, -0.1) is 0 Å². The second-order valence-corrected chi connectivity index (χ2v) is 7.85. The molecule has 0 aliphatic rings. The lowest BCUT2D eigenvalue weighted by atomic mass is 10.2. The van der Waals surface area contributed by atoms with Gasteiger partial charge in [0.05, 0.1) is 22.9 Å². The fourth-order valence-corrected chi connectivity index (χ4v) is 3.85. The van der Waals surface area contributed by atoms with Gasteiger partial charge >= 0.3 is 0 Å². The van der Waals surface area contributed by atoms with Crippen LogP contribution in [0.4, 0.5) is 0 Å². The van der Waals surface area contributed by atoms with E-state index in [0.29, 0.717) is 15.7 Å². The summed E-state index contributed by atoms with van der Waals surface area (Å²) in [4.78, 5) is 15.8. The fourth-order valence-electron chi connectivity index (χ4n) is 1.89. The lowest BCUT2D eigenvalue weighted by molar-refractivity contribution is -0.118. The Labute approximate surface area is 152 Å². The van der Waals surface area contributed by atoms with Crippen LogP contribution in [0.1, 0.15) is 16.8 Å². The van der Waals surface area contributed by atoms with Gasteiger partial charge in [0.2, 0.25) is 5.91 Å². The highest BCUT2D eigenvalue weighted by Crippen LogP contribution is 2.20. The number of amides is 1. The number of halogens is 2. The Kier molecular flexibility index (Phi) is 5.59.